The number of carbonyl (C=O) groups excluding carboxylic acids is 3. The van der Waals surface area contributed by atoms with Gasteiger partial charge in [0.15, 0.2) is 0 Å². The highest BCUT2D eigenvalue weighted by molar-refractivity contribution is 5.96. The minimum absolute atomic E-state index is 0.0835. The molecule has 1 aromatic rings. The molecule has 0 heterocycles. The number of hydrogen-bond acceptors (Lipinski definition) is 4. The van der Waals surface area contributed by atoms with Gasteiger partial charge in [0.25, 0.3) is 5.91 Å². The summed E-state index contributed by atoms with van der Waals surface area (Å²) in [6.45, 7) is 1.56. The van der Waals surface area contributed by atoms with Crippen molar-refractivity contribution in [2.75, 3.05) is 21.2 Å². The zero-order valence-electron chi connectivity index (χ0n) is 15.1. The Labute approximate surface area is 148 Å². The molecule has 0 saturated heterocycles. The lowest BCUT2D eigenvalue weighted by atomic mass is 10.1. The Kier molecular flexibility index (Phi) is 8.21. The summed E-state index contributed by atoms with van der Waals surface area (Å²) in [5.41, 5.74) is 1.13. The average molecular weight is 344 g/mol. The summed E-state index contributed by atoms with van der Waals surface area (Å²) in [5, 5.41) is 2.57. The molecule has 1 rings (SSSR count). The van der Waals surface area contributed by atoms with E-state index in [4.69, 9.17) is 0 Å². The molecule has 0 radical (unpaired) electrons. The van der Waals surface area contributed by atoms with Crippen LogP contribution in [-0.2, 0) is 14.3 Å². The number of nitrogens with one attached hydrogen (secondary N) is 1. The maximum Gasteiger partial charge on any atom is 0.328 e. The van der Waals surface area contributed by atoms with Crippen molar-refractivity contribution < 1.29 is 19.1 Å². The molecule has 0 spiro atoms. The molecule has 134 valence electrons. The molecule has 6 nitrogen and oxygen atoms in total. The van der Waals surface area contributed by atoms with Gasteiger partial charge in [-0.25, -0.2) is 4.79 Å². The van der Waals surface area contributed by atoms with E-state index in [1.54, 1.807) is 50.2 Å². The van der Waals surface area contributed by atoms with Crippen molar-refractivity contribution in [3.63, 3.8) is 0 Å². The fraction of sp³-hybridized carbons (Fsp3) is 0.421. The summed E-state index contributed by atoms with van der Waals surface area (Å²) in [7, 11) is 4.73. The standard InChI is InChI=1S/C19H24N2O4/c1-14(19(24)25-4)20-18(23)16-11-8-10-15(13-16)9-6-5-7-12-17(22)21(2)3/h8,10-11,13-14H,5,7,12H2,1-4H3,(H,20,23)/t14-/m1/s1. The van der Waals surface area contributed by atoms with Crippen molar-refractivity contribution in [3.05, 3.63) is 35.4 Å². The minimum Gasteiger partial charge on any atom is -0.467 e. The zero-order chi connectivity index (χ0) is 18.8. The van der Waals surface area contributed by atoms with Crippen LogP contribution in [0.2, 0.25) is 0 Å². The van der Waals surface area contributed by atoms with E-state index in [0.717, 1.165) is 0 Å². The highest BCUT2D eigenvalue weighted by Gasteiger charge is 2.16. The second-order valence-electron chi connectivity index (χ2n) is 5.74. The Morgan fingerprint density at radius 3 is 2.64 bits per heavy atom. The van der Waals surface area contributed by atoms with Crippen molar-refractivity contribution >= 4 is 17.8 Å². The molecule has 1 N–H and O–H groups in total. The second-order valence-corrected chi connectivity index (χ2v) is 5.74. The van der Waals surface area contributed by atoms with Crippen molar-refractivity contribution in [1.82, 2.24) is 10.2 Å². The molecule has 6 heteroatoms. The van der Waals surface area contributed by atoms with E-state index in [1.807, 2.05) is 0 Å². The maximum absolute atomic E-state index is 12.1. The van der Waals surface area contributed by atoms with Crippen LogP contribution in [0.5, 0.6) is 0 Å². The maximum atomic E-state index is 12.1. The lowest BCUT2D eigenvalue weighted by Crippen LogP contribution is -2.39. The number of hydrogen-bond donors (Lipinski definition) is 1. The number of benzene rings is 1. The predicted octanol–water partition coefficient (Wildman–Crippen LogP) is 1.59. The van der Waals surface area contributed by atoms with Gasteiger partial charge in [0.2, 0.25) is 5.91 Å². The van der Waals surface area contributed by atoms with Gasteiger partial charge in [-0.05, 0) is 31.5 Å². The van der Waals surface area contributed by atoms with Gasteiger partial charge >= 0.3 is 5.97 Å². The molecule has 25 heavy (non-hydrogen) atoms. The predicted molar refractivity (Wildman–Crippen MR) is 94.8 cm³/mol. The van der Waals surface area contributed by atoms with Crippen LogP contribution in [0.4, 0.5) is 0 Å². The first kappa shape index (κ1) is 20.2. The summed E-state index contributed by atoms with van der Waals surface area (Å²) in [6, 6.07) is 6.13. The first-order valence-corrected chi connectivity index (χ1v) is 8.03. The largest absolute Gasteiger partial charge is 0.467 e. The quantitative estimate of drug-likeness (QED) is 0.483. The first-order valence-electron chi connectivity index (χ1n) is 8.03. The number of methoxy groups -OCH3 is 1. The zero-order valence-corrected chi connectivity index (χ0v) is 15.1. The molecule has 0 bridgehead atoms. The Hall–Kier alpha value is -2.81. The Morgan fingerprint density at radius 1 is 1.28 bits per heavy atom. The topological polar surface area (TPSA) is 75.7 Å². The Morgan fingerprint density at radius 2 is 2.00 bits per heavy atom. The van der Waals surface area contributed by atoms with Crippen LogP contribution in [-0.4, -0.2) is 49.9 Å². The van der Waals surface area contributed by atoms with E-state index in [0.29, 0.717) is 30.4 Å². The second kappa shape index (κ2) is 10.1. The number of nitrogens with zero attached hydrogens (tertiary/aromatic N) is 1. The summed E-state index contributed by atoms with van der Waals surface area (Å²) in [4.78, 5) is 36.5. The summed E-state index contributed by atoms with van der Waals surface area (Å²) >= 11 is 0. The van der Waals surface area contributed by atoms with Crippen LogP contribution >= 0.6 is 0 Å². The van der Waals surface area contributed by atoms with Gasteiger partial charge in [0.05, 0.1) is 7.11 Å². The number of rotatable bonds is 6. The van der Waals surface area contributed by atoms with E-state index >= 15 is 0 Å². The van der Waals surface area contributed by atoms with Gasteiger partial charge in [-0.1, -0.05) is 17.9 Å². The number of unbranched alkanes of at least 4 members (excludes halogenated alkanes) is 1. The third-order valence-corrected chi connectivity index (χ3v) is 3.45. The fourth-order valence-corrected chi connectivity index (χ4v) is 1.97. The van der Waals surface area contributed by atoms with Crippen LogP contribution in [0, 0.1) is 11.8 Å². The molecule has 0 aliphatic rings. The number of ether oxygens (including phenoxy) is 1. The molecule has 0 aromatic heterocycles. The Bertz CT molecular complexity index is 686. The fourth-order valence-electron chi connectivity index (χ4n) is 1.97. The summed E-state index contributed by atoms with van der Waals surface area (Å²) < 4.78 is 4.58. The highest BCUT2D eigenvalue weighted by atomic mass is 16.5. The van der Waals surface area contributed by atoms with Crippen LogP contribution in [0.15, 0.2) is 24.3 Å². The number of amides is 2. The van der Waals surface area contributed by atoms with Crippen molar-refractivity contribution in [3.8, 4) is 11.8 Å². The van der Waals surface area contributed by atoms with Gasteiger partial charge in [0, 0.05) is 38.1 Å². The SMILES string of the molecule is COC(=O)[C@@H](C)NC(=O)c1cccc(C#CCCCC(=O)N(C)C)c1. The van der Waals surface area contributed by atoms with Gasteiger partial charge in [-0.15, -0.1) is 0 Å². The molecule has 0 saturated carbocycles. The van der Waals surface area contributed by atoms with E-state index < -0.39 is 12.0 Å². The van der Waals surface area contributed by atoms with Crippen LogP contribution < -0.4 is 5.32 Å². The number of esters is 1. The van der Waals surface area contributed by atoms with Gasteiger partial charge < -0.3 is 15.0 Å². The lowest BCUT2D eigenvalue weighted by Gasteiger charge is -2.11. The van der Waals surface area contributed by atoms with E-state index in [1.165, 1.54) is 7.11 Å². The van der Waals surface area contributed by atoms with E-state index in [-0.39, 0.29) is 11.8 Å². The van der Waals surface area contributed by atoms with Crippen LogP contribution in [0.1, 0.15) is 42.1 Å². The third kappa shape index (κ3) is 7.08. The number of carbonyl (C=O) groups is 3. The first-order chi connectivity index (χ1) is 11.8. The Balaban J connectivity index is 2.61. The molecule has 0 unspecified atom stereocenters. The average Bonchev–Trinajstić information content (AvgIpc) is 2.60. The van der Waals surface area contributed by atoms with Crippen LogP contribution in [0.3, 0.4) is 0 Å². The van der Waals surface area contributed by atoms with Gasteiger partial charge in [0.1, 0.15) is 6.04 Å². The van der Waals surface area contributed by atoms with Gasteiger partial charge in [-0.3, -0.25) is 9.59 Å². The van der Waals surface area contributed by atoms with Crippen LogP contribution in [0.25, 0.3) is 0 Å². The molecule has 1 aromatic carbocycles. The monoisotopic (exact) mass is 344 g/mol. The lowest BCUT2D eigenvalue weighted by molar-refractivity contribution is -0.142. The summed E-state index contributed by atoms with van der Waals surface area (Å²) in [6.07, 6.45) is 1.77. The summed E-state index contributed by atoms with van der Waals surface area (Å²) in [5.74, 6) is 5.20. The molecular formula is C19H24N2O4. The molecule has 0 fully saturated rings. The molecular weight excluding hydrogens is 320 g/mol. The third-order valence-electron chi connectivity index (χ3n) is 3.45. The highest BCUT2D eigenvalue weighted by Crippen LogP contribution is 2.05. The van der Waals surface area contributed by atoms with E-state index in [2.05, 4.69) is 21.9 Å². The molecule has 0 aliphatic heterocycles. The van der Waals surface area contributed by atoms with Gasteiger partial charge in [-0.2, -0.15) is 0 Å². The van der Waals surface area contributed by atoms with Crippen molar-refractivity contribution in [2.24, 2.45) is 0 Å². The van der Waals surface area contributed by atoms with Crippen molar-refractivity contribution in [1.29, 1.82) is 0 Å². The molecule has 0 aliphatic carbocycles. The van der Waals surface area contributed by atoms with Crippen molar-refractivity contribution in [2.45, 2.75) is 32.2 Å². The normalized spacial score (nSPS) is 10.9. The van der Waals surface area contributed by atoms with E-state index in [9.17, 15) is 14.4 Å². The molecule has 2 amide bonds. The smallest absolute Gasteiger partial charge is 0.328 e. The minimum atomic E-state index is -0.721. The molecule has 1 atom stereocenters.